The van der Waals surface area contributed by atoms with Crippen LogP contribution in [0.15, 0.2) is 18.2 Å². The van der Waals surface area contributed by atoms with Crippen molar-refractivity contribution in [3.63, 3.8) is 0 Å². The zero-order chi connectivity index (χ0) is 10.3. The second-order valence-corrected chi connectivity index (χ2v) is 3.92. The molecule has 1 aromatic carbocycles. The molecule has 1 heterocycles. The fourth-order valence-electron chi connectivity index (χ4n) is 2.34. The summed E-state index contributed by atoms with van der Waals surface area (Å²) in [7, 11) is 0. The van der Waals surface area contributed by atoms with Crippen LogP contribution in [0.5, 0.6) is 0 Å². The van der Waals surface area contributed by atoms with Gasteiger partial charge < -0.3 is 4.57 Å². The van der Waals surface area contributed by atoms with Crippen LogP contribution in [0.4, 0.5) is 0 Å². The number of hydrogen-bond acceptors (Lipinski definition) is 0. The topological polar surface area (TPSA) is 4.93 Å². The van der Waals surface area contributed by atoms with E-state index in [0.717, 1.165) is 6.54 Å². The molecule has 0 amide bonds. The molecule has 0 aliphatic rings. The summed E-state index contributed by atoms with van der Waals surface area (Å²) in [5.41, 5.74) is 5.59. The van der Waals surface area contributed by atoms with Gasteiger partial charge in [0.25, 0.3) is 0 Å². The molecular weight excluding hydrogens is 170 g/mol. The van der Waals surface area contributed by atoms with E-state index in [4.69, 9.17) is 0 Å². The summed E-state index contributed by atoms with van der Waals surface area (Å²) in [6.45, 7) is 9.87. The molecule has 0 N–H and O–H groups in total. The molecule has 0 atom stereocenters. The molecule has 1 heteroatoms. The van der Waals surface area contributed by atoms with Gasteiger partial charge in [0.05, 0.1) is 0 Å². The van der Waals surface area contributed by atoms with Crippen molar-refractivity contribution in [3.8, 4) is 0 Å². The minimum Gasteiger partial charge on any atom is -0.345 e. The first kappa shape index (κ1) is 9.32. The van der Waals surface area contributed by atoms with Gasteiger partial charge in [-0.1, -0.05) is 12.1 Å². The minimum absolute atomic E-state index is 1.06. The molecule has 1 nitrogen and oxygen atoms in total. The summed E-state index contributed by atoms with van der Waals surface area (Å²) in [6.07, 6.45) is 0. The van der Waals surface area contributed by atoms with Crippen LogP contribution in [-0.4, -0.2) is 4.57 Å². The molecule has 0 fully saturated rings. The molecule has 2 rings (SSSR count). The quantitative estimate of drug-likeness (QED) is 0.643. The maximum absolute atomic E-state index is 2.39. The van der Waals surface area contributed by atoms with Crippen LogP contribution in [0.25, 0.3) is 10.9 Å². The highest BCUT2D eigenvalue weighted by molar-refractivity contribution is 5.88. The highest BCUT2D eigenvalue weighted by atomic mass is 15.0. The second-order valence-electron chi connectivity index (χ2n) is 3.92. The van der Waals surface area contributed by atoms with Crippen molar-refractivity contribution < 1.29 is 0 Å². The van der Waals surface area contributed by atoms with Crippen LogP contribution in [0.1, 0.15) is 23.7 Å². The average Bonchev–Trinajstić information content (AvgIpc) is 2.41. The van der Waals surface area contributed by atoms with E-state index < -0.39 is 0 Å². The number of aryl methyl sites for hydroxylation is 3. The molecule has 0 aliphatic heterocycles. The Morgan fingerprint density at radius 3 is 2.50 bits per heavy atom. The lowest BCUT2D eigenvalue weighted by Gasteiger charge is -2.03. The summed E-state index contributed by atoms with van der Waals surface area (Å²) < 4.78 is 2.39. The molecule has 0 aliphatic carbocycles. The Morgan fingerprint density at radius 1 is 1.14 bits per heavy atom. The Morgan fingerprint density at radius 2 is 1.86 bits per heavy atom. The third kappa shape index (κ3) is 1.08. The number of nitrogens with zero attached hydrogens (tertiary/aromatic N) is 1. The van der Waals surface area contributed by atoms with Crippen molar-refractivity contribution in [2.75, 3.05) is 0 Å². The summed E-state index contributed by atoms with van der Waals surface area (Å²) in [6, 6.07) is 6.54. The SMILES string of the molecule is CCn1c(C)c(C)c2c(C)cccc21. The Kier molecular flexibility index (Phi) is 2.10. The second kappa shape index (κ2) is 3.16. The monoisotopic (exact) mass is 187 g/mol. The summed E-state index contributed by atoms with van der Waals surface area (Å²) in [5.74, 6) is 0. The first-order valence-corrected chi connectivity index (χ1v) is 5.21. The van der Waals surface area contributed by atoms with E-state index >= 15 is 0 Å². The van der Waals surface area contributed by atoms with Gasteiger partial charge in [-0.2, -0.15) is 0 Å². The lowest BCUT2D eigenvalue weighted by atomic mass is 10.1. The van der Waals surface area contributed by atoms with Crippen LogP contribution in [0.3, 0.4) is 0 Å². The third-order valence-electron chi connectivity index (χ3n) is 3.18. The average molecular weight is 187 g/mol. The van der Waals surface area contributed by atoms with Crippen molar-refractivity contribution in [1.82, 2.24) is 4.57 Å². The van der Waals surface area contributed by atoms with Crippen LogP contribution in [0.2, 0.25) is 0 Å². The summed E-state index contributed by atoms with van der Waals surface area (Å²) >= 11 is 0. The molecule has 0 saturated heterocycles. The van der Waals surface area contributed by atoms with Gasteiger partial charge >= 0.3 is 0 Å². The van der Waals surface area contributed by atoms with E-state index in [1.165, 1.54) is 27.7 Å². The summed E-state index contributed by atoms with van der Waals surface area (Å²) in [5, 5.41) is 1.44. The first-order valence-electron chi connectivity index (χ1n) is 5.21. The standard InChI is InChI=1S/C13H17N/c1-5-14-11(4)10(3)13-9(2)7-6-8-12(13)14/h6-8H,5H2,1-4H3. The van der Waals surface area contributed by atoms with Gasteiger partial charge in [-0.15, -0.1) is 0 Å². The van der Waals surface area contributed by atoms with Gasteiger partial charge in [0.1, 0.15) is 0 Å². The maximum atomic E-state index is 2.39. The molecular formula is C13H17N. The van der Waals surface area contributed by atoms with Crippen molar-refractivity contribution in [2.24, 2.45) is 0 Å². The van der Waals surface area contributed by atoms with Gasteiger partial charge in [0.2, 0.25) is 0 Å². The van der Waals surface area contributed by atoms with E-state index in [1.807, 2.05) is 0 Å². The molecule has 0 bridgehead atoms. The predicted octanol–water partition coefficient (Wildman–Crippen LogP) is 3.59. The highest BCUT2D eigenvalue weighted by Crippen LogP contribution is 2.27. The van der Waals surface area contributed by atoms with E-state index in [9.17, 15) is 0 Å². The molecule has 14 heavy (non-hydrogen) atoms. The summed E-state index contributed by atoms with van der Waals surface area (Å²) in [4.78, 5) is 0. The van der Waals surface area contributed by atoms with E-state index in [2.05, 4.69) is 50.5 Å². The van der Waals surface area contributed by atoms with Crippen LogP contribution < -0.4 is 0 Å². The Bertz CT molecular complexity index is 477. The Hall–Kier alpha value is -1.24. The number of aromatic nitrogens is 1. The molecule has 1 aromatic heterocycles. The number of hydrogen-bond donors (Lipinski definition) is 0. The molecule has 0 spiro atoms. The fraction of sp³-hybridized carbons (Fsp3) is 0.385. The largest absolute Gasteiger partial charge is 0.345 e. The van der Waals surface area contributed by atoms with Crippen molar-refractivity contribution in [3.05, 3.63) is 35.0 Å². The van der Waals surface area contributed by atoms with Crippen molar-refractivity contribution >= 4 is 10.9 Å². The Labute approximate surface area is 85.4 Å². The third-order valence-corrected chi connectivity index (χ3v) is 3.18. The molecule has 0 unspecified atom stereocenters. The van der Waals surface area contributed by atoms with Crippen molar-refractivity contribution in [1.29, 1.82) is 0 Å². The smallest absolute Gasteiger partial charge is 0.0487 e. The van der Waals surface area contributed by atoms with E-state index in [-0.39, 0.29) is 0 Å². The van der Waals surface area contributed by atoms with Crippen LogP contribution in [0, 0.1) is 20.8 Å². The van der Waals surface area contributed by atoms with E-state index in [0.29, 0.717) is 0 Å². The maximum Gasteiger partial charge on any atom is 0.0487 e. The molecule has 2 aromatic rings. The predicted molar refractivity (Wildman–Crippen MR) is 61.8 cm³/mol. The van der Waals surface area contributed by atoms with Gasteiger partial charge in [0, 0.05) is 23.1 Å². The Balaban J connectivity index is 2.95. The van der Waals surface area contributed by atoms with Crippen LogP contribution >= 0.6 is 0 Å². The highest BCUT2D eigenvalue weighted by Gasteiger charge is 2.10. The minimum atomic E-state index is 1.06. The number of benzene rings is 1. The number of rotatable bonds is 1. The van der Waals surface area contributed by atoms with Crippen LogP contribution in [-0.2, 0) is 6.54 Å². The number of fused-ring (bicyclic) bond motifs is 1. The van der Waals surface area contributed by atoms with Gasteiger partial charge in [-0.25, -0.2) is 0 Å². The molecule has 0 radical (unpaired) electrons. The lowest BCUT2D eigenvalue weighted by Crippen LogP contribution is -1.95. The van der Waals surface area contributed by atoms with Gasteiger partial charge in [0.15, 0.2) is 0 Å². The zero-order valence-corrected chi connectivity index (χ0v) is 9.39. The normalized spacial score (nSPS) is 11.1. The van der Waals surface area contributed by atoms with Gasteiger partial charge in [-0.3, -0.25) is 0 Å². The van der Waals surface area contributed by atoms with Gasteiger partial charge in [-0.05, 0) is 44.9 Å². The first-order chi connectivity index (χ1) is 6.66. The van der Waals surface area contributed by atoms with E-state index in [1.54, 1.807) is 0 Å². The molecule has 74 valence electrons. The fourth-order valence-corrected chi connectivity index (χ4v) is 2.34. The van der Waals surface area contributed by atoms with Crippen molar-refractivity contribution in [2.45, 2.75) is 34.2 Å². The molecule has 0 saturated carbocycles. The zero-order valence-electron chi connectivity index (χ0n) is 9.39. The lowest BCUT2D eigenvalue weighted by molar-refractivity contribution is 0.766.